The number of rotatable bonds is 5. The van der Waals surface area contributed by atoms with Crippen LogP contribution in [-0.4, -0.2) is 28.9 Å². The van der Waals surface area contributed by atoms with Crippen molar-refractivity contribution in [2.75, 3.05) is 24.9 Å². The molecule has 0 spiro atoms. The topological polar surface area (TPSA) is 72.5 Å². The molecule has 0 fully saturated rings. The van der Waals surface area contributed by atoms with Crippen molar-refractivity contribution < 1.29 is 13.7 Å². The lowest BCUT2D eigenvalue weighted by Gasteiger charge is -2.15. The van der Waals surface area contributed by atoms with Gasteiger partial charge in [0.1, 0.15) is 11.5 Å². The maximum Gasteiger partial charge on any atom is 0.175 e. The number of methoxy groups -OCH3 is 2. The molecule has 2 atom stereocenters. The average Bonchev–Trinajstić information content (AvgIpc) is 3.01. The van der Waals surface area contributed by atoms with Crippen LogP contribution < -0.4 is 20.1 Å². The van der Waals surface area contributed by atoms with Crippen LogP contribution in [-0.2, 0) is 16.6 Å². The summed E-state index contributed by atoms with van der Waals surface area (Å²) in [6, 6.07) is 5.67. The Morgan fingerprint density at radius 1 is 1.17 bits per heavy atom. The lowest BCUT2D eigenvalue weighted by atomic mass is 10.1. The van der Waals surface area contributed by atoms with Crippen LogP contribution in [0.2, 0.25) is 0 Å². The second kappa shape index (κ2) is 6.68. The summed E-state index contributed by atoms with van der Waals surface area (Å²) in [4.78, 5) is 4.43. The van der Waals surface area contributed by atoms with E-state index in [0.29, 0.717) is 5.75 Å². The van der Waals surface area contributed by atoms with E-state index in [1.807, 2.05) is 32.0 Å². The van der Waals surface area contributed by atoms with E-state index in [2.05, 4.69) is 15.6 Å². The van der Waals surface area contributed by atoms with E-state index in [1.54, 1.807) is 20.4 Å². The van der Waals surface area contributed by atoms with Crippen molar-refractivity contribution in [1.29, 1.82) is 0 Å². The molecule has 0 amide bonds. The van der Waals surface area contributed by atoms with Crippen molar-refractivity contribution in [3.63, 3.8) is 0 Å². The summed E-state index contributed by atoms with van der Waals surface area (Å²) >= 11 is 0. The highest BCUT2D eigenvalue weighted by Crippen LogP contribution is 2.34. The van der Waals surface area contributed by atoms with E-state index in [-0.39, 0.29) is 5.50 Å². The van der Waals surface area contributed by atoms with Crippen molar-refractivity contribution in [2.45, 2.75) is 25.1 Å². The minimum Gasteiger partial charge on any atom is -0.497 e. The van der Waals surface area contributed by atoms with Gasteiger partial charge in [0.15, 0.2) is 5.50 Å². The number of ether oxygens (including phenoxy) is 2. The molecule has 0 saturated carbocycles. The molecule has 2 aromatic rings. The summed E-state index contributed by atoms with van der Waals surface area (Å²) < 4.78 is 23.4. The molecule has 1 unspecified atom stereocenters. The zero-order valence-corrected chi connectivity index (χ0v) is 15.0. The number of aromatic nitrogens is 1. The number of hydrogen-bond donors (Lipinski definition) is 2. The Kier molecular flexibility index (Phi) is 4.62. The van der Waals surface area contributed by atoms with Crippen LogP contribution in [0.4, 0.5) is 11.4 Å². The van der Waals surface area contributed by atoms with Gasteiger partial charge in [-0.3, -0.25) is 9.19 Å². The first-order valence-electron chi connectivity index (χ1n) is 7.61. The molecule has 1 aliphatic heterocycles. The quantitative estimate of drug-likeness (QED) is 0.866. The first-order chi connectivity index (χ1) is 11.5. The Balaban J connectivity index is 1.75. The summed E-state index contributed by atoms with van der Waals surface area (Å²) in [5.41, 5.74) is 4.14. The van der Waals surface area contributed by atoms with Crippen LogP contribution in [0.1, 0.15) is 16.8 Å². The lowest BCUT2D eigenvalue weighted by molar-refractivity contribution is 0.407. The molecule has 3 rings (SSSR count). The first kappa shape index (κ1) is 16.6. The fraction of sp³-hybridized carbons (Fsp3) is 0.353. The van der Waals surface area contributed by atoms with Crippen LogP contribution >= 0.6 is 0 Å². The Hall–Kier alpha value is -2.28. The fourth-order valence-electron chi connectivity index (χ4n) is 2.78. The van der Waals surface area contributed by atoms with Crippen molar-refractivity contribution in [3.8, 4) is 11.5 Å². The van der Waals surface area contributed by atoms with E-state index >= 15 is 0 Å². The van der Waals surface area contributed by atoms with Crippen molar-refractivity contribution >= 4 is 22.2 Å². The summed E-state index contributed by atoms with van der Waals surface area (Å²) in [6.45, 7) is 3.89. The molecular weight excluding hydrogens is 326 g/mol. The monoisotopic (exact) mass is 347 g/mol. The van der Waals surface area contributed by atoms with Gasteiger partial charge < -0.3 is 20.1 Å². The minimum absolute atomic E-state index is 0.345. The molecule has 0 aliphatic carbocycles. The van der Waals surface area contributed by atoms with Crippen LogP contribution in [0.25, 0.3) is 0 Å². The van der Waals surface area contributed by atoms with Gasteiger partial charge in [-0.05, 0) is 26.0 Å². The maximum absolute atomic E-state index is 12.7. The van der Waals surface area contributed by atoms with Gasteiger partial charge in [0.05, 0.1) is 47.8 Å². The Morgan fingerprint density at radius 3 is 2.62 bits per heavy atom. The Labute approximate surface area is 144 Å². The predicted molar refractivity (Wildman–Crippen MR) is 96.1 cm³/mol. The van der Waals surface area contributed by atoms with Crippen molar-refractivity contribution in [2.24, 2.45) is 0 Å². The lowest BCUT2D eigenvalue weighted by Crippen LogP contribution is -2.29. The van der Waals surface area contributed by atoms with Crippen LogP contribution in [0.15, 0.2) is 24.4 Å². The molecule has 7 heteroatoms. The van der Waals surface area contributed by atoms with E-state index in [9.17, 15) is 4.21 Å². The number of fused-ring (bicyclic) bond motifs is 1. The molecular formula is C17H21N3O3S. The number of pyridine rings is 1. The maximum atomic E-state index is 12.7. The second-order valence-corrected chi connectivity index (χ2v) is 7.17. The molecule has 0 saturated heterocycles. The van der Waals surface area contributed by atoms with Crippen molar-refractivity contribution in [1.82, 2.24) is 4.98 Å². The molecule has 6 nitrogen and oxygen atoms in total. The highest BCUT2D eigenvalue weighted by molar-refractivity contribution is 7.85. The summed E-state index contributed by atoms with van der Waals surface area (Å²) in [5.74, 6) is 1.91. The molecule has 0 bridgehead atoms. The average molecular weight is 347 g/mol. The smallest absolute Gasteiger partial charge is 0.175 e. The summed E-state index contributed by atoms with van der Waals surface area (Å²) in [7, 11) is 2.07. The van der Waals surface area contributed by atoms with E-state index < -0.39 is 10.8 Å². The van der Waals surface area contributed by atoms with Gasteiger partial charge in [0.25, 0.3) is 0 Å². The zero-order valence-electron chi connectivity index (χ0n) is 14.2. The van der Waals surface area contributed by atoms with Crippen LogP contribution in [0.3, 0.4) is 0 Å². The zero-order chi connectivity index (χ0) is 17.3. The third-order valence-corrected chi connectivity index (χ3v) is 5.41. The molecule has 128 valence electrons. The molecule has 2 N–H and O–H groups in total. The number of aryl methyl sites for hydroxylation is 1. The second-order valence-electron chi connectivity index (χ2n) is 5.65. The molecule has 24 heavy (non-hydrogen) atoms. The van der Waals surface area contributed by atoms with E-state index in [0.717, 1.165) is 39.7 Å². The molecule has 1 aliphatic rings. The van der Waals surface area contributed by atoms with Gasteiger partial charge in [0.2, 0.25) is 0 Å². The largest absolute Gasteiger partial charge is 0.497 e. The third-order valence-electron chi connectivity index (χ3n) is 4.09. The van der Waals surface area contributed by atoms with Crippen LogP contribution in [0.5, 0.6) is 11.5 Å². The van der Waals surface area contributed by atoms with Crippen LogP contribution in [0, 0.1) is 13.8 Å². The minimum atomic E-state index is -1.19. The van der Waals surface area contributed by atoms with Gasteiger partial charge >= 0.3 is 0 Å². The van der Waals surface area contributed by atoms with E-state index in [4.69, 9.17) is 9.47 Å². The molecule has 1 aromatic heterocycles. The highest BCUT2D eigenvalue weighted by Gasteiger charge is 2.26. The number of nitrogens with zero attached hydrogens (tertiary/aromatic N) is 1. The predicted octanol–water partition coefficient (Wildman–Crippen LogP) is 2.79. The SMILES string of the molecule is COc1ccc2c(c1)NC([S@@](=O)Cc1ncc(C)c(OC)c1C)N2. The molecule has 0 radical (unpaired) electrons. The number of hydrogen-bond acceptors (Lipinski definition) is 6. The fourth-order valence-corrected chi connectivity index (χ4v) is 4.02. The number of nitrogens with one attached hydrogen (secondary N) is 2. The van der Waals surface area contributed by atoms with Gasteiger partial charge in [-0.2, -0.15) is 0 Å². The number of anilines is 2. The van der Waals surface area contributed by atoms with Gasteiger partial charge in [0, 0.05) is 23.4 Å². The van der Waals surface area contributed by atoms with Gasteiger partial charge in [-0.1, -0.05) is 0 Å². The standard InChI is InChI=1S/C17H21N3O3S/c1-10-8-18-15(11(2)16(10)23-4)9-24(21)17-19-13-6-5-12(22-3)7-14(13)20-17/h5-8,17,19-20H,9H2,1-4H3/t17?,24-/m0/s1. The molecule has 2 heterocycles. The first-order valence-corrected chi connectivity index (χ1v) is 8.99. The van der Waals surface area contributed by atoms with Gasteiger partial charge in [-0.25, -0.2) is 0 Å². The Bertz CT molecular complexity index is 795. The summed E-state index contributed by atoms with van der Waals surface area (Å²) in [6.07, 6.45) is 1.76. The van der Waals surface area contributed by atoms with E-state index in [1.165, 1.54) is 0 Å². The normalized spacial score (nSPS) is 16.8. The molecule has 1 aromatic carbocycles. The Morgan fingerprint density at radius 2 is 1.92 bits per heavy atom. The van der Waals surface area contributed by atoms with Crippen molar-refractivity contribution in [3.05, 3.63) is 41.2 Å². The highest BCUT2D eigenvalue weighted by atomic mass is 32.2. The summed E-state index contributed by atoms with van der Waals surface area (Å²) in [5, 5.41) is 6.48. The van der Waals surface area contributed by atoms with Gasteiger partial charge in [-0.15, -0.1) is 0 Å². The third kappa shape index (κ3) is 3.03. The number of benzene rings is 1.